The third kappa shape index (κ3) is 6.06. The van der Waals surface area contributed by atoms with Gasteiger partial charge in [0.25, 0.3) is 0 Å². The number of aliphatic hydroxyl groups is 2. The third-order valence-electron chi connectivity index (χ3n) is 7.28. The number of carbonyl (C=O) groups is 1. The molecule has 1 aliphatic heterocycles. The van der Waals surface area contributed by atoms with Gasteiger partial charge in [-0.2, -0.15) is 11.8 Å². The molecule has 1 aromatic rings. The molecule has 5 atom stereocenters. The van der Waals surface area contributed by atoms with Gasteiger partial charge < -0.3 is 15.1 Å². The van der Waals surface area contributed by atoms with Crippen LogP contribution >= 0.6 is 11.8 Å². The molecule has 4 nitrogen and oxygen atoms in total. The number of likely N-dealkylation sites (tertiary alicyclic amines) is 1. The SMILES string of the molecule is Cc1cccc(C[C@@H](O)/C=C/[C@@H]2[C@H]3CC(CCSCC(=O)N4CCCC4)=C[C@H]3C[C@H]2O)c1. The number of hydrogen-bond acceptors (Lipinski definition) is 4. The molecule has 2 aliphatic carbocycles. The van der Waals surface area contributed by atoms with E-state index < -0.39 is 6.10 Å². The van der Waals surface area contributed by atoms with Gasteiger partial charge in [-0.15, -0.1) is 0 Å². The highest BCUT2D eigenvalue weighted by atomic mass is 32.2. The van der Waals surface area contributed by atoms with Crippen molar-refractivity contribution < 1.29 is 15.0 Å². The number of fused-ring (bicyclic) bond motifs is 1. The van der Waals surface area contributed by atoms with E-state index in [9.17, 15) is 15.0 Å². The maximum atomic E-state index is 12.2. The Morgan fingerprint density at radius 3 is 2.91 bits per heavy atom. The molecule has 1 saturated heterocycles. The maximum Gasteiger partial charge on any atom is 0.232 e. The highest BCUT2D eigenvalue weighted by molar-refractivity contribution is 7.99. The first-order valence-corrected chi connectivity index (χ1v) is 13.3. The van der Waals surface area contributed by atoms with Gasteiger partial charge in [0.15, 0.2) is 0 Å². The van der Waals surface area contributed by atoms with Crippen molar-refractivity contribution in [2.45, 2.75) is 57.7 Å². The molecule has 2 fully saturated rings. The van der Waals surface area contributed by atoms with Crippen molar-refractivity contribution in [2.24, 2.45) is 17.8 Å². The number of aryl methyl sites for hydroxylation is 1. The summed E-state index contributed by atoms with van der Waals surface area (Å²) in [6.45, 7) is 3.94. The van der Waals surface area contributed by atoms with E-state index >= 15 is 0 Å². The van der Waals surface area contributed by atoms with E-state index in [-0.39, 0.29) is 12.0 Å². The van der Waals surface area contributed by atoms with E-state index in [4.69, 9.17) is 0 Å². The monoisotopic (exact) mass is 455 g/mol. The Bertz CT molecular complexity index is 845. The van der Waals surface area contributed by atoms with E-state index in [0.717, 1.165) is 56.5 Å². The first-order valence-electron chi connectivity index (χ1n) is 12.1. The summed E-state index contributed by atoms with van der Waals surface area (Å²) in [5, 5.41) is 21.1. The lowest BCUT2D eigenvalue weighted by atomic mass is 9.88. The second-order valence-electron chi connectivity index (χ2n) is 9.77. The minimum Gasteiger partial charge on any atom is -0.392 e. The molecular weight excluding hydrogens is 418 g/mol. The van der Waals surface area contributed by atoms with Crippen molar-refractivity contribution in [1.82, 2.24) is 4.90 Å². The normalized spacial score (nSPS) is 28.3. The number of rotatable bonds is 9. The van der Waals surface area contributed by atoms with Gasteiger partial charge in [-0.1, -0.05) is 53.6 Å². The summed E-state index contributed by atoms with van der Waals surface area (Å²) in [5.41, 5.74) is 3.82. The summed E-state index contributed by atoms with van der Waals surface area (Å²) >= 11 is 1.75. The second-order valence-corrected chi connectivity index (χ2v) is 10.9. The van der Waals surface area contributed by atoms with Crippen molar-refractivity contribution in [1.29, 1.82) is 0 Å². The second kappa shape index (κ2) is 11.0. The van der Waals surface area contributed by atoms with Gasteiger partial charge in [0.1, 0.15) is 0 Å². The van der Waals surface area contributed by atoms with E-state index in [2.05, 4.69) is 31.2 Å². The fraction of sp³-hybridized carbons (Fsp3) is 0.593. The Balaban J connectivity index is 1.22. The van der Waals surface area contributed by atoms with Crippen LogP contribution in [0.4, 0.5) is 0 Å². The number of carbonyl (C=O) groups excluding carboxylic acids is 1. The van der Waals surface area contributed by atoms with E-state index in [1.165, 1.54) is 11.1 Å². The van der Waals surface area contributed by atoms with Crippen LogP contribution in [-0.4, -0.2) is 57.8 Å². The largest absolute Gasteiger partial charge is 0.392 e. The van der Waals surface area contributed by atoms with Crippen molar-refractivity contribution in [3.8, 4) is 0 Å². The van der Waals surface area contributed by atoms with Crippen molar-refractivity contribution in [2.75, 3.05) is 24.6 Å². The molecule has 5 heteroatoms. The third-order valence-corrected chi connectivity index (χ3v) is 8.23. The molecular formula is C27H37NO3S. The van der Waals surface area contributed by atoms with Crippen LogP contribution in [0.15, 0.2) is 48.1 Å². The molecule has 0 aromatic heterocycles. The molecule has 2 N–H and O–H groups in total. The minimum atomic E-state index is -0.526. The van der Waals surface area contributed by atoms with Crippen molar-refractivity contribution in [3.63, 3.8) is 0 Å². The molecule has 0 spiro atoms. The molecule has 1 amide bonds. The summed E-state index contributed by atoms with van der Waals surface area (Å²) < 4.78 is 0. The fourth-order valence-corrected chi connectivity index (χ4v) is 6.52. The zero-order valence-electron chi connectivity index (χ0n) is 19.2. The van der Waals surface area contributed by atoms with Crippen molar-refractivity contribution >= 4 is 17.7 Å². The zero-order valence-corrected chi connectivity index (χ0v) is 20.0. The average Bonchev–Trinajstić information content (AvgIpc) is 3.47. The predicted molar refractivity (Wildman–Crippen MR) is 132 cm³/mol. The van der Waals surface area contributed by atoms with Gasteiger partial charge in [-0.3, -0.25) is 4.79 Å². The number of nitrogens with zero attached hydrogens (tertiary/aromatic N) is 1. The maximum absolute atomic E-state index is 12.2. The van der Waals surface area contributed by atoms with Crippen LogP contribution in [0.2, 0.25) is 0 Å². The van der Waals surface area contributed by atoms with Crippen LogP contribution in [0, 0.1) is 24.7 Å². The molecule has 32 heavy (non-hydrogen) atoms. The summed E-state index contributed by atoms with van der Waals surface area (Å²) in [6.07, 6.45) is 11.3. The van der Waals surface area contributed by atoms with Crippen LogP contribution in [0.5, 0.6) is 0 Å². The lowest BCUT2D eigenvalue weighted by Gasteiger charge is -2.19. The summed E-state index contributed by atoms with van der Waals surface area (Å²) in [5.74, 6) is 2.89. The van der Waals surface area contributed by atoms with E-state index in [1.807, 2.05) is 23.1 Å². The molecule has 0 bridgehead atoms. The minimum absolute atomic E-state index is 0.116. The highest BCUT2D eigenvalue weighted by Crippen LogP contribution is 2.48. The molecule has 0 unspecified atom stereocenters. The molecule has 1 heterocycles. The van der Waals surface area contributed by atoms with Gasteiger partial charge in [-0.25, -0.2) is 0 Å². The molecule has 174 valence electrons. The van der Waals surface area contributed by atoms with Gasteiger partial charge in [0, 0.05) is 25.4 Å². The molecule has 0 radical (unpaired) electrons. The Hall–Kier alpha value is -1.56. The highest BCUT2D eigenvalue weighted by Gasteiger charge is 2.43. The first kappa shape index (κ1) is 23.6. The number of amides is 1. The van der Waals surface area contributed by atoms with Crippen LogP contribution < -0.4 is 0 Å². The number of thioether (sulfide) groups is 1. The van der Waals surface area contributed by atoms with Gasteiger partial charge in [-0.05, 0) is 62.2 Å². The Kier molecular flexibility index (Phi) is 8.14. The van der Waals surface area contributed by atoms with Crippen molar-refractivity contribution in [3.05, 3.63) is 59.2 Å². The fourth-order valence-electron chi connectivity index (χ4n) is 5.62. The lowest BCUT2D eigenvalue weighted by molar-refractivity contribution is -0.127. The standard InChI is InChI=1S/C27H37NO3S/c1-19-5-4-6-20(13-19)15-23(29)7-8-24-25-16-21(14-22(25)17-26(24)30)9-12-32-18-27(31)28-10-2-3-11-28/h4-8,13-14,22-26,29-30H,2-3,9-12,15-18H2,1H3/b8-7+/t22-,23-,24+,25-,26+/m0/s1. The number of hydrogen-bond donors (Lipinski definition) is 2. The summed E-state index contributed by atoms with van der Waals surface area (Å²) in [7, 11) is 0. The molecule has 4 rings (SSSR count). The topological polar surface area (TPSA) is 60.8 Å². The zero-order chi connectivity index (χ0) is 22.5. The summed E-state index contributed by atoms with van der Waals surface area (Å²) in [6, 6.07) is 8.25. The molecule has 1 saturated carbocycles. The van der Waals surface area contributed by atoms with Gasteiger partial charge in [0.05, 0.1) is 18.0 Å². The number of allylic oxidation sites excluding steroid dienone is 2. The number of aliphatic hydroxyl groups excluding tert-OH is 2. The summed E-state index contributed by atoms with van der Waals surface area (Å²) in [4.78, 5) is 14.2. The predicted octanol–water partition coefficient (Wildman–Crippen LogP) is 4.14. The lowest BCUT2D eigenvalue weighted by Crippen LogP contribution is -2.29. The first-order chi connectivity index (χ1) is 15.5. The van der Waals surface area contributed by atoms with Crippen LogP contribution in [-0.2, 0) is 11.2 Å². The molecule has 3 aliphatic rings. The molecule has 1 aromatic carbocycles. The van der Waals surface area contributed by atoms with E-state index in [1.54, 1.807) is 11.8 Å². The smallest absolute Gasteiger partial charge is 0.232 e. The van der Waals surface area contributed by atoms with Gasteiger partial charge >= 0.3 is 0 Å². The van der Waals surface area contributed by atoms with Crippen LogP contribution in [0.1, 0.15) is 43.2 Å². The number of benzene rings is 1. The van der Waals surface area contributed by atoms with Crippen LogP contribution in [0.3, 0.4) is 0 Å². The average molecular weight is 456 g/mol. The van der Waals surface area contributed by atoms with Gasteiger partial charge in [0.2, 0.25) is 5.91 Å². The Labute approximate surface area is 196 Å². The Morgan fingerprint density at radius 1 is 1.31 bits per heavy atom. The van der Waals surface area contributed by atoms with E-state index in [0.29, 0.717) is 29.9 Å². The quantitative estimate of drug-likeness (QED) is 0.434. The van der Waals surface area contributed by atoms with Crippen LogP contribution in [0.25, 0.3) is 0 Å². The Morgan fingerprint density at radius 2 is 2.12 bits per heavy atom.